The van der Waals surface area contributed by atoms with Crippen molar-refractivity contribution in [2.24, 2.45) is 5.73 Å². The Hall–Kier alpha value is -1.52. The summed E-state index contributed by atoms with van der Waals surface area (Å²) >= 11 is 0. The van der Waals surface area contributed by atoms with Crippen molar-refractivity contribution in [1.29, 1.82) is 0 Å². The van der Waals surface area contributed by atoms with Crippen molar-refractivity contribution >= 4 is 10.9 Å². The molecule has 1 atom stereocenters. The molecule has 1 aromatic carbocycles. The van der Waals surface area contributed by atoms with E-state index < -0.39 is 6.10 Å². The second-order valence-corrected chi connectivity index (χ2v) is 4.12. The van der Waals surface area contributed by atoms with Gasteiger partial charge in [-0.05, 0) is 37.6 Å². The number of aliphatic hydroxyl groups excluding tert-OH is 1. The van der Waals surface area contributed by atoms with Crippen LogP contribution in [0.1, 0.15) is 24.6 Å². The predicted octanol–water partition coefficient (Wildman–Crippen LogP) is 1.95. The Kier molecular flexibility index (Phi) is 3.66. The third kappa shape index (κ3) is 2.60. The molecule has 2 rings (SSSR count). The van der Waals surface area contributed by atoms with Crippen molar-refractivity contribution in [3.8, 4) is 5.75 Å². The lowest BCUT2D eigenvalue weighted by Crippen LogP contribution is -2.03. The van der Waals surface area contributed by atoms with E-state index in [1.165, 1.54) is 0 Å². The van der Waals surface area contributed by atoms with Crippen LogP contribution < -0.4 is 10.5 Å². The van der Waals surface area contributed by atoms with Crippen LogP contribution in [0.4, 0.5) is 0 Å². The number of ether oxygens (including phenoxy) is 1. The Morgan fingerprint density at radius 1 is 1.41 bits per heavy atom. The number of nitrogens with one attached hydrogen (secondary N) is 1. The molecule has 0 saturated carbocycles. The molecule has 0 radical (unpaired) electrons. The molecule has 4 N–H and O–H groups in total. The highest BCUT2D eigenvalue weighted by Crippen LogP contribution is 2.25. The summed E-state index contributed by atoms with van der Waals surface area (Å²) in [5, 5.41) is 11.0. The van der Waals surface area contributed by atoms with Crippen LogP contribution in [0.2, 0.25) is 0 Å². The van der Waals surface area contributed by atoms with E-state index in [0.717, 1.165) is 28.8 Å². The number of benzene rings is 1. The summed E-state index contributed by atoms with van der Waals surface area (Å²) in [5.41, 5.74) is 7.24. The van der Waals surface area contributed by atoms with Gasteiger partial charge in [0.2, 0.25) is 0 Å². The molecule has 4 nitrogen and oxygen atoms in total. The molecule has 0 aliphatic carbocycles. The maximum Gasteiger partial charge on any atom is 0.120 e. The van der Waals surface area contributed by atoms with Gasteiger partial charge in [-0.1, -0.05) is 0 Å². The van der Waals surface area contributed by atoms with Crippen molar-refractivity contribution in [3.05, 3.63) is 30.0 Å². The first kappa shape index (κ1) is 12.0. The molecule has 0 aliphatic rings. The molecular weight excluding hydrogens is 216 g/mol. The van der Waals surface area contributed by atoms with E-state index >= 15 is 0 Å². The molecule has 1 heterocycles. The Morgan fingerprint density at radius 2 is 2.24 bits per heavy atom. The number of hydrogen-bond donors (Lipinski definition) is 3. The predicted molar refractivity (Wildman–Crippen MR) is 68.1 cm³/mol. The second kappa shape index (κ2) is 5.21. The molecule has 92 valence electrons. The van der Waals surface area contributed by atoms with Crippen LogP contribution in [0.5, 0.6) is 5.75 Å². The summed E-state index contributed by atoms with van der Waals surface area (Å²) < 4.78 is 5.16. The summed E-state index contributed by atoms with van der Waals surface area (Å²) in [6.07, 6.45) is 1.03. The van der Waals surface area contributed by atoms with Crippen LogP contribution >= 0.6 is 0 Å². The lowest BCUT2D eigenvalue weighted by Gasteiger charge is -2.06. The molecule has 4 heteroatoms. The van der Waals surface area contributed by atoms with E-state index in [9.17, 15) is 5.11 Å². The quantitative estimate of drug-likeness (QED) is 0.740. The van der Waals surface area contributed by atoms with Crippen molar-refractivity contribution < 1.29 is 9.84 Å². The third-order valence-electron chi connectivity index (χ3n) is 2.89. The Balaban J connectivity index is 2.24. The maximum atomic E-state index is 9.96. The van der Waals surface area contributed by atoms with E-state index in [4.69, 9.17) is 10.5 Å². The van der Waals surface area contributed by atoms with Gasteiger partial charge in [0.25, 0.3) is 0 Å². The molecule has 0 aliphatic heterocycles. The summed E-state index contributed by atoms with van der Waals surface area (Å²) in [6, 6.07) is 7.78. The molecule has 0 amide bonds. The Morgan fingerprint density at radius 3 is 2.94 bits per heavy atom. The molecule has 0 saturated heterocycles. The maximum absolute atomic E-state index is 9.96. The number of methoxy groups -OCH3 is 1. The SMILES string of the molecule is COc1ccc2cc(C(O)CCCN)[nH]c2c1. The van der Waals surface area contributed by atoms with Crippen molar-refractivity contribution in [2.45, 2.75) is 18.9 Å². The fourth-order valence-corrected chi connectivity index (χ4v) is 1.90. The number of rotatable bonds is 5. The van der Waals surface area contributed by atoms with Crippen LogP contribution in [0.3, 0.4) is 0 Å². The highest BCUT2D eigenvalue weighted by molar-refractivity contribution is 5.81. The van der Waals surface area contributed by atoms with E-state index in [1.54, 1.807) is 7.11 Å². The van der Waals surface area contributed by atoms with Crippen molar-refractivity contribution in [2.75, 3.05) is 13.7 Å². The Bertz CT molecular complexity index is 493. The minimum atomic E-state index is -0.475. The van der Waals surface area contributed by atoms with Crippen LogP contribution in [-0.2, 0) is 0 Å². The first-order chi connectivity index (χ1) is 8.24. The van der Waals surface area contributed by atoms with Gasteiger partial charge in [-0.2, -0.15) is 0 Å². The number of fused-ring (bicyclic) bond motifs is 1. The van der Waals surface area contributed by atoms with E-state index in [1.807, 2.05) is 24.3 Å². The van der Waals surface area contributed by atoms with Crippen LogP contribution in [0.15, 0.2) is 24.3 Å². The molecule has 2 aromatic rings. The molecule has 1 unspecified atom stereocenters. The molecule has 1 aromatic heterocycles. The zero-order valence-electron chi connectivity index (χ0n) is 9.94. The standard InChI is InChI=1S/C13H18N2O2/c1-17-10-5-4-9-7-12(15-11(9)8-10)13(16)3-2-6-14/h4-5,7-8,13,15-16H,2-3,6,14H2,1H3. The van der Waals surface area contributed by atoms with E-state index in [0.29, 0.717) is 13.0 Å². The number of aromatic nitrogens is 1. The lowest BCUT2D eigenvalue weighted by molar-refractivity contribution is 0.161. The monoisotopic (exact) mass is 234 g/mol. The lowest BCUT2D eigenvalue weighted by atomic mass is 10.1. The number of hydrogen-bond acceptors (Lipinski definition) is 3. The minimum absolute atomic E-state index is 0.475. The average molecular weight is 234 g/mol. The van der Waals surface area contributed by atoms with Gasteiger partial charge in [0.1, 0.15) is 5.75 Å². The van der Waals surface area contributed by atoms with Crippen LogP contribution in [-0.4, -0.2) is 23.7 Å². The second-order valence-electron chi connectivity index (χ2n) is 4.12. The normalized spacial score (nSPS) is 12.9. The van der Waals surface area contributed by atoms with Gasteiger partial charge >= 0.3 is 0 Å². The van der Waals surface area contributed by atoms with Gasteiger partial charge in [-0.3, -0.25) is 0 Å². The summed E-state index contributed by atoms with van der Waals surface area (Å²) in [7, 11) is 1.64. The first-order valence-electron chi connectivity index (χ1n) is 5.79. The summed E-state index contributed by atoms with van der Waals surface area (Å²) in [5.74, 6) is 0.808. The van der Waals surface area contributed by atoms with Crippen LogP contribution in [0, 0.1) is 0 Å². The molecular formula is C13H18N2O2. The zero-order chi connectivity index (χ0) is 12.3. The highest BCUT2D eigenvalue weighted by Gasteiger charge is 2.10. The van der Waals surface area contributed by atoms with Gasteiger partial charge < -0.3 is 20.6 Å². The van der Waals surface area contributed by atoms with Gasteiger partial charge in [-0.15, -0.1) is 0 Å². The van der Waals surface area contributed by atoms with E-state index in [-0.39, 0.29) is 0 Å². The first-order valence-corrected chi connectivity index (χ1v) is 5.79. The topological polar surface area (TPSA) is 71.3 Å². The van der Waals surface area contributed by atoms with Gasteiger partial charge in [-0.25, -0.2) is 0 Å². The number of nitrogens with two attached hydrogens (primary N) is 1. The number of aromatic amines is 1. The molecule has 0 fully saturated rings. The van der Waals surface area contributed by atoms with E-state index in [2.05, 4.69) is 4.98 Å². The van der Waals surface area contributed by atoms with Crippen molar-refractivity contribution in [1.82, 2.24) is 4.98 Å². The summed E-state index contributed by atoms with van der Waals surface area (Å²) in [6.45, 7) is 0.602. The van der Waals surface area contributed by atoms with Gasteiger partial charge in [0.05, 0.1) is 13.2 Å². The summed E-state index contributed by atoms with van der Waals surface area (Å²) in [4.78, 5) is 3.21. The largest absolute Gasteiger partial charge is 0.497 e. The third-order valence-corrected chi connectivity index (χ3v) is 2.89. The zero-order valence-corrected chi connectivity index (χ0v) is 9.94. The minimum Gasteiger partial charge on any atom is -0.497 e. The van der Waals surface area contributed by atoms with Crippen molar-refractivity contribution in [3.63, 3.8) is 0 Å². The number of aliphatic hydroxyl groups is 1. The molecule has 0 bridgehead atoms. The smallest absolute Gasteiger partial charge is 0.120 e. The molecule has 0 spiro atoms. The van der Waals surface area contributed by atoms with Gasteiger partial charge in [0, 0.05) is 22.7 Å². The molecule has 17 heavy (non-hydrogen) atoms. The fourth-order valence-electron chi connectivity index (χ4n) is 1.90. The Labute approximate surface area is 100 Å². The van der Waals surface area contributed by atoms with Crippen LogP contribution in [0.25, 0.3) is 10.9 Å². The average Bonchev–Trinajstić information content (AvgIpc) is 2.78. The number of H-pyrrole nitrogens is 1. The highest BCUT2D eigenvalue weighted by atomic mass is 16.5. The fraction of sp³-hybridized carbons (Fsp3) is 0.385. The van der Waals surface area contributed by atoms with Gasteiger partial charge in [0.15, 0.2) is 0 Å².